The quantitative estimate of drug-likeness (QED) is 0.771. The fourth-order valence-electron chi connectivity index (χ4n) is 1.75. The molecule has 4 nitrogen and oxygen atoms in total. The van der Waals surface area contributed by atoms with E-state index < -0.39 is 0 Å². The van der Waals surface area contributed by atoms with E-state index in [1.165, 1.54) is 0 Å². The second-order valence-corrected chi connectivity index (χ2v) is 4.33. The maximum atomic E-state index is 4.09. The van der Waals surface area contributed by atoms with Crippen LogP contribution in [0.5, 0.6) is 0 Å². The minimum atomic E-state index is 0.581. The van der Waals surface area contributed by atoms with Crippen LogP contribution in [0, 0.1) is 5.92 Å². The molecular weight excluding hydrogens is 188 g/mol. The lowest BCUT2D eigenvalue weighted by Crippen LogP contribution is -2.34. The van der Waals surface area contributed by atoms with E-state index in [2.05, 4.69) is 36.4 Å². The predicted octanol–water partition coefficient (Wildman–Crippen LogP) is 1.38. The fourth-order valence-corrected chi connectivity index (χ4v) is 1.75. The SMILES string of the molecule is CCNC(CCc1cn(C)nn1)C(C)C. The summed E-state index contributed by atoms with van der Waals surface area (Å²) in [6, 6.07) is 0.581. The molecule has 0 spiro atoms. The number of rotatable bonds is 6. The summed E-state index contributed by atoms with van der Waals surface area (Å²) >= 11 is 0. The lowest BCUT2D eigenvalue weighted by Gasteiger charge is -2.21. The number of nitrogens with one attached hydrogen (secondary N) is 1. The molecule has 1 rings (SSSR count). The van der Waals surface area contributed by atoms with Gasteiger partial charge in [-0.1, -0.05) is 26.0 Å². The Balaban J connectivity index is 2.39. The van der Waals surface area contributed by atoms with E-state index in [1.807, 2.05) is 13.2 Å². The lowest BCUT2D eigenvalue weighted by atomic mass is 9.98. The average molecular weight is 210 g/mol. The molecular formula is C11H22N4. The molecule has 0 saturated heterocycles. The summed E-state index contributed by atoms with van der Waals surface area (Å²) in [6.45, 7) is 7.69. The first-order valence-corrected chi connectivity index (χ1v) is 5.72. The van der Waals surface area contributed by atoms with E-state index in [0.29, 0.717) is 12.0 Å². The third-order valence-corrected chi connectivity index (χ3v) is 2.63. The van der Waals surface area contributed by atoms with Gasteiger partial charge < -0.3 is 5.32 Å². The Bertz CT molecular complexity index is 280. The summed E-state index contributed by atoms with van der Waals surface area (Å²) in [5.41, 5.74) is 1.08. The molecule has 0 saturated carbocycles. The van der Waals surface area contributed by atoms with Crippen LogP contribution >= 0.6 is 0 Å². The van der Waals surface area contributed by atoms with Gasteiger partial charge in [-0.05, 0) is 25.3 Å². The van der Waals surface area contributed by atoms with Gasteiger partial charge in [0, 0.05) is 19.3 Å². The van der Waals surface area contributed by atoms with Crippen molar-refractivity contribution in [2.24, 2.45) is 13.0 Å². The maximum absolute atomic E-state index is 4.09. The van der Waals surface area contributed by atoms with E-state index >= 15 is 0 Å². The van der Waals surface area contributed by atoms with Crippen LogP contribution in [0.25, 0.3) is 0 Å². The first-order valence-electron chi connectivity index (χ1n) is 5.72. The molecule has 0 bridgehead atoms. The standard InChI is InChI=1S/C11H22N4/c1-5-12-11(9(2)3)7-6-10-8-15(4)14-13-10/h8-9,11-12H,5-7H2,1-4H3. The Morgan fingerprint density at radius 3 is 2.67 bits per heavy atom. The van der Waals surface area contributed by atoms with E-state index in [1.54, 1.807) is 4.68 Å². The second-order valence-electron chi connectivity index (χ2n) is 4.33. The molecule has 1 aromatic heterocycles. The van der Waals surface area contributed by atoms with Crippen molar-refractivity contribution in [2.45, 2.75) is 39.7 Å². The largest absolute Gasteiger partial charge is 0.314 e. The Hall–Kier alpha value is -0.900. The van der Waals surface area contributed by atoms with Crippen LogP contribution in [0.15, 0.2) is 6.20 Å². The number of aryl methyl sites for hydroxylation is 2. The Labute approximate surface area is 92.1 Å². The van der Waals surface area contributed by atoms with E-state index in [0.717, 1.165) is 25.1 Å². The van der Waals surface area contributed by atoms with E-state index in [-0.39, 0.29) is 0 Å². The first kappa shape index (κ1) is 12.2. The van der Waals surface area contributed by atoms with Crippen molar-refractivity contribution in [1.29, 1.82) is 0 Å². The van der Waals surface area contributed by atoms with Gasteiger partial charge in [0.2, 0.25) is 0 Å². The Kier molecular flexibility index (Phi) is 4.75. The van der Waals surface area contributed by atoms with Crippen molar-refractivity contribution in [3.63, 3.8) is 0 Å². The van der Waals surface area contributed by atoms with Gasteiger partial charge >= 0.3 is 0 Å². The van der Waals surface area contributed by atoms with Gasteiger partial charge in [0.05, 0.1) is 5.69 Å². The third-order valence-electron chi connectivity index (χ3n) is 2.63. The molecule has 0 aromatic carbocycles. The molecule has 1 aromatic rings. The van der Waals surface area contributed by atoms with Crippen LogP contribution in [0.3, 0.4) is 0 Å². The zero-order chi connectivity index (χ0) is 11.3. The average Bonchev–Trinajstić information content (AvgIpc) is 2.58. The number of aromatic nitrogens is 3. The van der Waals surface area contributed by atoms with Crippen LogP contribution in [0.4, 0.5) is 0 Å². The third kappa shape index (κ3) is 4.00. The number of hydrogen-bond donors (Lipinski definition) is 1. The zero-order valence-electron chi connectivity index (χ0n) is 10.2. The van der Waals surface area contributed by atoms with E-state index in [4.69, 9.17) is 0 Å². The minimum absolute atomic E-state index is 0.581. The molecule has 4 heteroatoms. The molecule has 0 aliphatic carbocycles. The van der Waals surface area contributed by atoms with Gasteiger partial charge in [0.25, 0.3) is 0 Å². The van der Waals surface area contributed by atoms with Crippen molar-refractivity contribution in [1.82, 2.24) is 20.3 Å². The van der Waals surface area contributed by atoms with Crippen molar-refractivity contribution < 1.29 is 0 Å². The highest BCUT2D eigenvalue weighted by atomic mass is 15.4. The van der Waals surface area contributed by atoms with Crippen LogP contribution in [0.2, 0.25) is 0 Å². The van der Waals surface area contributed by atoms with Crippen LogP contribution < -0.4 is 5.32 Å². The Morgan fingerprint density at radius 1 is 1.47 bits per heavy atom. The molecule has 1 unspecified atom stereocenters. The lowest BCUT2D eigenvalue weighted by molar-refractivity contribution is 0.384. The van der Waals surface area contributed by atoms with Crippen molar-refractivity contribution in [2.75, 3.05) is 6.54 Å². The summed E-state index contributed by atoms with van der Waals surface area (Å²) in [7, 11) is 1.90. The second kappa shape index (κ2) is 5.85. The summed E-state index contributed by atoms with van der Waals surface area (Å²) in [5, 5.41) is 11.5. The van der Waals surface area contributed by atoms with Crippen LogP contribution in [-0.2, 0) is 13.5 Å². The fraction of sp³-hybridized carbons (Fsp3) is 0.818. The van der Waals surface area contributed by atoms with Crippen molar-refractivity contribution >= 4 is 0 Å². The molecule has 1 atom stereocenters. The highest BCUT2D eigenvalue weighted by molar-refractivity contribution is 4.93. The monoisotopic (exact) mass is 210 g/mol. The zero-order valence-corrected chi connectivity index (χ0v) is 10.2. The topological polar surface area (TPSA) is 42.7 Å². The molecule has 0 amide bonds. The normalized spacial score (nSPS) is 13.4. The van der Waals surface area contributed by atoms with Gasteiger partial charge in [0.15, 0.2) is 0 Å². The van der Waals surface area contributed by atoms with Gasteiger partial charge in [-0.3, -0.25) is 4.68 Å². The molecule has 0 aliphatic rings. The smallest absolute Gasteiger partial charge is 0.0827 e. The molecule has 1 N–H and O–H groups in total. The highest BCUT2D eigenvalue weighted by Crippen LogP contribution is 2.09. The van der Waals surface area contributed by atoms with Gasteiger partial charge in [-0.2, -0.15) is 0 Å². The number of nitrogens with zero attached hydrogens (tertiary/aromatic N) is 3. The van der Waals surface area contributed by atoms with Crippen molar-refractivity contribution in [3.8, 4) is 0 Å². The van der Waals surface area contributed by atoms with Gasteiger partial charge in [-0.25, -0.2) is 0 Å². The van der Waals surface area contributed by atoms with Gasteiger partial charge in [0.1, 0.15) is 0 Å². The molecule has 0 radical (unpaired) electrons. The minimum Gasteiger partial charge on any atom is -0.314 e. The molecule has 1 heterocycles. The Morgan fingerprint density at radius 2 is 2.20 bits per heavy atom. The van der Waals surface area contributed by atoms with Crippen LogP contribution in [-0.4, -0.2) is 27.6 Å². The molecule has 86 valence electrons. The van der Waals surface area contributed by atoms with Crippen molar-refractivity contribution in [3.05, 3.63) is 11.9 Å². The molecule has 0 fully saturated rings. The summed E-state index contributed by atoms with van der Waals surface area (Å²) < 4.78 is 1.76. The summed E-state index contributed by atoms with van der Waals surface area (Å²) in [6.07, 6.45) is 4.12. The molecule has 15 heavy (non-hydrogen) atoms. The highest BCUT2D eigenvalue weighted by Gasteiger charge is 2.12. The van der Waals surface area contributed by atoms with Gasteiger partial charge in [-0.15, -0.1) is 5.10 Å². The first-order chi connectivity index (χ1) is 7.13. The predicted molar refractivity (Wildman–Crippen MR) is 61.6 cm³/mol. The molecule has 0 aliphatic heterocycles. The van der Waals surface area contributed by atoms with E-state index in [9.17, 15) is 0 Å². The summed E-state index contributed by atoms with van der Waals surface area (Å²) in [5.74, 6) is 0.668. The maximum Gasteiger partial charge on any atom is 0.0827 e. The number of hydrogen-bond acceptors (Lipinski definition) is 3. The summed E-state index contributed by atoms with van der Waals surface area (Å²) in [4.78, 5) is 0. The van der Waals surface area contributed by atoms with Crippen LogP contribution in [0.1, 0.15) is 32.9 Å².